The van der Waals surface area contributed by atoms with Crippen molar-refractivity contribution < 1.29 is 24.5 Å². The Morgan fingerprint density at radius 1 is 0.852 bits per heavy atom. The molecule has 2 aromatic rings. The highest BCUT2D eigenvalue weighted by Gasteiger charge is 2.40. The van der Waals surface area contributed by atoms with E-state index >= 15 is 0 Å². The molecule has 4 amide bonds. The summed E-state index contributed by atoms with van der Waals surface area (Å²) in [5.74, 6) is -2.51. The predicted molar refractivity (Wildman–Crippen MR) is 88.6 cm³/mol. The standard InChI is InChI=1S/C16H9N5O6/c22-11-7(12(23)19-15(26)18-11)9-5-3-1-2-4-6(5)10(17-9)8-13(24)20-16(27)21-14(8)25/h1-4H,(H2,18,19,22,23,26)(H3,20,21,24,25,27)/p+1. The number of aromatic nitrogens is 2. The van der Waals surface area contributed by atoms with E-state index in [0.717, 1.165) is 0 Å². The topological polar surface area (TPSA) is 175 Å². The first-order valence-corrected chi connectivity index (χ1v) is 7.57. The van der Waals surface area contributed by atoms with Crippen LogP contribution in [0.25, 0.3) is 5.70 Å². The third-order valence-electron chi connectivity index (χ3n) is 4.05. The first-order chi connectivity index (χ1) is 12.9. The number of aromatic amines is 2. The maximum atomic E-state index is 12.2. The number of nitrogens with one attached hydrogen (secondary N) is 5. The van der Waals surface area contributed by atoms with Gasteiger partial charge in [-0.15, -0.1) is 0 Å². The maximum Gasteiger partial charge on any atom is 0.328 e. The molecule has 27 heavy (non-hydrogen) atoms. The van der Waals surface area contributed by atoms with E-state index in [9.17, 15) is 29.1 Å². The largest absolute Gasteiger partial charge is 0.494 e. The second kappa shape index (κ2) is 5.62. The summed E-state index contributed by atoms with van der Waals surface area (Å²) >= 11 is 0. The lowest BCUT2D eigenvalue weighted by Crippen LogP contribution is -2.69. The number of barbiturate groups is 1. The van der Waals surface area contributed by atoms with Crippen LogP contribution in [-0.2, 0) is 9.59 Å². The molecule has 0 unspecified atom stereocenters. The summed E-state index contributed by atoms with van der Waals surface area (Å²) in [6.45, 7) is 0. The van der Waals surface area contributed by atoms with Crippen LogP contribution in [0.5, 0.6) is 5.88 Å². The molecule has 0 atom stereocenters. The maximum absolute atomic E-state index is 12.2. The number of aromatic hydroxyl groups is 1. The molecule has 0 spiro atoms. The van der Waals surface area contributed by atoms with Gasteiger partial charge in [0, 0.05) is 0 Å². The molecule has 0 radical (unpaired) electrons. The first-order valence-electron chi connectivity index (χ1n) is 7.57. The Morgan fingerprint density at radius 3 is 2.11 bits per heavy atom. The van der Waals surface area contributed by atoms with Gasteiger partial charge in [0.25, 0.3) is 17.4 Å². The molecule has 3 heterocycles. The number of hydrogen-bond donors (Lipinski definition) is 6. The lowest BCUT2D eigenvalue weighted by atomic mass is 9.98. The zero-order valence-electron chi connectivity index (χ0n) is 13.3. The predicted octanol–water partition coefficient (Wildman–Crippen LogP) is -3.22. The van der Waals surface area contributed by atoms with Crippen molar-refractivity contribution >= 4 is 29.3 Å². The van der Waals surface area contributed by atoms with E-state index in [0.29, 0.717) is 11.1 Å². The number of rotatable bonds is 1. The smallest absolute Gasteiger partial charge is 0.328 e. The average molecular weight is 368 g/mol. The van der Waals surface area contributed by atoms with E-state index in [2.05, 4.69) is 9.98 Å². The van der Waals surface area contributed by atoms with Crippen molar-refractivity contribution in [1.82, 2.24) is 20.6 Å². The Kier molecular flexibility index (Phi) is 3.37. The molecule has 1 aromatic carbocycles. The Labute approximate surface area is 148 Å². The van der Waals surface area contributed by atoms with Gasteiger partial charge in [-0.3, -0.25) is 35.0 Å². The minimum Gasteiger partial charge on any atom is -0.494 e. The molecule has 1 aromatic heterocycles. The van der Waals surface area contributed by atoms with Gasteiger partial charge < -0.3 is 5.11 Å². The van der Waals surface area contributed by atoms with E-state index in [1.54, 1.807) is 24.3 Å². The third-order valence-corrected chi connectivity index (χ3v) is 4.05. The minimum absolute atomic E-state index is 0.0492. The minimum atomic E-state index is -0.945. The van der Waals surface area contributed by atoms with Crippen LogP contribution >= 0.6 is 0 Å². The molecular formula is C16H10N5O6+. The molecule has 0 saturated carbocycles. The van der Waals surface area contributed by atoms with Crippen LogP contribution < -0.4 is 26.9 Å². The van der Waals surface area contributed by atoms with Gasteiger partial charge in [0.15, 0.2) is 11.1 Å². The monoisotopic (exact) mass is 368 g/mol. The lowest BCUT2D eigenvalue weighted by molar-refractivity contribution is -0.338. The number of hydrogen-bond acceptors (Lipinski definition) is 6. The third kappa shape index (κ3) is 2.45. The Bertz CT molecular complexity index is 1210. The van der Waals surface area contributed by atoms with Crippen molar-refractivity contribution in [3.63, 3.8) is 0 Å². The molecule has 1 saturated heterocycles. The molecule has 11 nitrogen and oxygen atoms in total. The average Bonchev–Trinajstić information content (AvgIpc) is 2.93. The van der Waals surface area contributed by atoms with Crippen molar-refractivity contribution in [1.29, 1.82) is 0 Å². The van der Waals surface area contributed by atoms with E-state index in [1.165, 1.54) is 0 Å². The number of urea groups is 1. The van der Waals surface area contributed by atoms with Gasteiger partial charge in [-0.2, -0.15) is 0 Å². The van der Waals surface area contributed by atoms with Crippen LogP contribution in [0.2, 0.25) is 0 Å². The number of carbonyl (C=O) groups excluding carboxylic acids is 3. The fourth-order valence-electron chi connectivity index (χ4n) is 2.97. The van der Waals surface area contributed by atoms with Gasteiger partial charge in [0.2, 0.25) is 17.3 Å². The van der Waals surface area contributed by atoms with Gasteiger partial charge in [-0.1, -0.05) is 12.1 Å². The van der Waals surface area contributed by atoms with Crippen molar-refractivity contribution in [2.45, 2.75) is 0 Å². The number of H-pyrrole nitrogens is 2. The second-order valence-corrected chi connectivity index (χ2v) is 5.66. The number of fused-ring (bicyclic) bond motifs is 1. The quantitative estimate of drug-likeness (QED) is 0.228. The molecule has 11 heteroatoms. The van der Waals surface area contributed by atoms with Crippen LogP contribution in [0, 0.1) is 0 Å². The summed E-state index contributed by atoms with van der Waals surface area (Å²) in [7, 11) is 0. The molecule has 0 aliphatic carbocycles. The van der Waals surface area contributed by atoms with Crippen molar-refractivity contribution in [2.75, 3.05) is 0 Å². The van der Waals surface area contributed by atoms with Gasteiger partial charge >= 0.3 is 11.7 Å². The summed E-state index contributed by atoms with van der Waals surface area (Å²) in [6.07, 6.45) is 0. The fourth-order valence-corrected chi connectivity index (χ4v) is 2.97. The van der Waals surface area contributed by atoms with Crippen molar-refractivity contribution in [3.05, 3.63) is 67.4 Å². The van der Waals surface area contributed by atoms with Gasteiger partial charge in [-0.25, -0.2) is 14.6 Å². The molecule has 2 aliphatic rings. The molecule has 1 fully saturated rings. The second-order valence-electron chi connectivity index (χ2n) is 5.66. The molecule has 0 bridgehead atoms. The van der Waals surface area contributed by atoms with Crippen molar-refractivity contribution in [2.24, 2.45) is 0 Å². The van der Waals surface area contributed by atoms with Gasteiger partial charge in [0.1, 0.15) is 0 Å². The van der Waals surface area contributed by atoms with E-state index in [4.69, 9.17) is 0 Å². The highest BCUT2D eigenvalue weighted by Crippen LogP contribution is 2.25. The molecule has 4 rings (SSSR count). The SMILES string of the molecule is O=C1NC(=O)C(=C2[NH+]=C(c3c(O)[nH]c(=O)[nH]c3=O)c3ccccc32)C(=O)N1. The summed E-state index contributed by atoms with van der Waals surface area (Å²) < 4.78 is 0. The molecule has 134 valence electrons. The zero-order chi connectivity index (χ0) is 19.3. The zero-order valence-corrected chi connectivity index (χ0v) is 13.3. The molecular weight excluding hydrogens is 358 g/mol. The lowest BCUT2D eigenvalue weighted by Gasteiger charge is -2.13. The normalized spacial score (nSPS) is 16.0. The van der Waals surface area contributed by atoms with Crippen LogP contribution in [0.3, 0.4) is 0 Å². The van der Waals surface area contributed by atoms with Crippen molar-refractivity contribution in [3.8, 4) is 5.88 Å². The summed E-state index contributed by atoms with van der Waals surface area (Å²) in [5, 5.41) is 14.0. The Balaban J connectivity index is 2.03. The van der Waals surface area contributed by atoms with E-state index < -0.39 is 35.0 Å². The Hall–Kier alpha value is -4.28. The first kappa shape index (κ1) is 16.2. The van der Waals surface area contributed by atoms with Crippen LogP contribution in [0.15, 0.2) is 39.4 Å². The van der Waals surface area contributed by atoms with Crippen LogP contribution in [0.4, 0.5) is 4.79 Å². The summed E-state index contributed by atoms with van der Waals surface area (Å²) in [4.78, 5) is 66.0. The van der Waals surface area contributed by atoms with E-state index in [-0.39, 0.29) is 22.5 Å². The number of imide groups is 2. The van der Waals surface area contributed by atoms with Crippen LogP contribution in [-0.4, -0.2) is 38.6 Å². The highest BCUT2D eigenvalue weighted by molar-refractivity contribution is 6.32. The summed E-state index contributed by atoms with van der Waals surface area (Å²) in [5.41, 5.74) is -1.46. The Morgan fingerprint density at radius 2 is 1.48 bits per heavy atom. The fraction of sp³-hybridized carbons (Fsp3) is 0. The summed E-state index contributed by atoms with van der Waals surface area (Å²) in [6, 6.07) is 5.53. The number of carbonyl (C=O) groups is 3. The molecule has 2 aliphatic heterocycles. The van der Waals surface area contributed by atoms with Gasteiger partial charge in [0.05, 0.1) is 11.1 Å². The van der Waals surface area contributed by atoms with Crippen LogP contribution in [0.1, 0.15) is 16.7 Å². The number of benzene rings is 1. The van der Waals surface area contributed by atoms with E-state index in [1.807, 2.05) is 15.6 Å². The highest BCUT2D eigenvalue weighted by atomic mass is 16.3. The number of amides is 4. The van der Waals surface area contributed by atoms with Gasteiger partial charge in [-0.05, 0) is 12.1 Å². The molecule has 6 N–H and O–H groups in total.